The van der Waals surface area contributed by atoms with Crippen LogP contribution >= 0.6 is 0 Å². The molecule has 78 valence electrons. The van der Waals surface area contributed by atoms with Crippen LogP contribution in [0.15, 0.2) is 24.3 Å². The lowest BCUT2D eigenvalue weighted by atomic mass is 10.1. The van der Waals surface area contributed by atoms with E-state index in [0.29, 0.717) is 13.0 Å². The molecule has 2 heteroatoms. The van der Waals surface area contributed by atoms with E-state index in [1.165, 1.54) is 19.3 Å². The Kier molecular flexibility index (Phi) is 5.80. The van der Waals surface area contributed by atoms with Crippen molar-refractivity contribution in [3.63, 3.8) is 0 Å². The summed E-state index contributed by atoms with van der Waals surface area (Å²) in [5.41, 5.74) is 0. The van der Waals surface area contributed by atoms with Gasteiger partial charge in [-0.3, -0.25) is 4.79 Å². The van der Waals surface area contributed by atoms with Crippen molar-refractivity contribution in [1.82, 2.24) is 0 Å². The number of rotatable bonds is 0. The van der Waals surface area contributed by atoms with Crippen LogP contribution in [0.4, 0.5) is 0 Å². The average molecular weight is 194 g/mol. The summed E-state index contributed by atoms with van der Waals surface area (Å²) >= 11 is 0. The van der Waals surface area contributed by atoms with E-state index >= 15 is 0 Å². The fourth-order valence-corrected chi connectivity index (χ4v) is 1.38. The first kappa shape index (κ1) is 11.0. The van der Waals surface area contributed by atoms with E-state index in [9.17, 15) is 4.79 Å². The van der Waals surface area contributed by atoms with E-state index in [1.54, 1.807) is 0 Å². The van der Waals surface area contributed by atoms with Crippen molar-refractivity contribution in [2.75, 3.05) is 6.61 Å². The van der Waals surface area contributed by atoms with Crippen molar-refractivity contribution < 1.29 is 9.53 Å². The van der Waals surface area contributed by atoms with Crippen LogP contribution in [-0.2, 0) is 9.53 Å². The number of cyclic esters (lactones) is 1. The number of hydrogen-bond donors (Lipinski definition) is 0. The highest BCUT2D eigenvalue weighted by Crippen LogP contribution is 2.05. The molecule has 0 aliphatic carbocycles. The molecule has 0 amide bonds. The van der Waals surface area contributed by atoms with Gasteiger partial charge in [0.15, 0.2) is 0 Å². The lowest BCUT2D eigenvalue weighted by molar-refractivity contribution is -0.141. The standard InChI is InChI=1S/C12H18O2/c13-12-10-8-6-4-2-1-3-5-7-9-11-14-12/h6-9H,1-5,10-11H2/b8-6-,9-7-. The minimum Gasteiger partial charge on any atom is -0.461 e. The summed E-state index contributed by atoms with van der Waals surface area (Å²) < 4.78 is 4.98. The van der Waals surface area contributed by atoms with Crippen LogP contribution in [0.5, 0.6) is 0 Å². The molecule has 0 N–H and O–H groups in total. The zero-order valence-electron chi connectivity index (χ0n) is 8.58. The van der Waals surface area contributed by atoms with Gasteiger partial charge in [-0.1, -0.05) is 30.7 Å². The summed E-state index contributed by atoms with van der Waals surface area (Å²) in [7, 11) is 0. The van der Waals surface area contributed by atoms with Gasteiger partial charge >= 0.3 is 5.97 Å². The van der Waals surface area contributed by atoms with Gasteiger partial charge in [0, 0.05) is 0 Å². The first-order valence-corrected chi connectivity index (χ1v) is 5.35. The number of hydrogen-bond acceptors (Lipinski definition) is 2. The van der Waals surface area contributed by atoms with Crippen molar-refractivity contribution in [3.05, 3.63) is 24.3 Å². The smallest absolute Gasteiger partial charge is 0.309 e. The van der Waals surface area contributed by atoms with Gasteiger partial charge in [-0.15, -0.1) is 0 Å². The Morgan fingerprint density at radius 1 is 0.929 bits per heavy atom. The normalized spacial score (nSPS) is 25.0. The molecule has 1 aliphatic heterocycles. The molecule has 0 unspecified atom stereocenters. The Bertz CT molecular complexity index is 216. The van der Waals surface area contributed by atoms with E-state index < -0.39 is 0 Å². The molecule has 0 fully saturated rings. The quantitative estimate of drug-likeness (QED) is 0.437. The van der Waals surface area contributed by atoms with E-state index in [2.05, 4.69) is 12.2 Å². The molecular formula is C12H18O2. The van der Waals surface area contributed by atoms with Crippen LogP contribution in [0, 0.1) is 0 Å². The van der Waals surface area contributed by atoms with Crippen LogP contribution in [0.1, 0.15) is 38.5 Å². The average Bonchev–Trinajstić information content (AvgIpc) is 2.20. The van der Waals surface area contributed by atoms with Gasteiger partial charge in [-0.05, 0) is 25.7 Å². The minimum atomic E-state index is -0.134. The second-order valence-electron chi connectivity index (χ2n) is 3.47. The third-order valence-corrected chi connectivity index (χ3v) is 2.20. The third-order valence-electron chi connectivity index (χ3n) is 2.20. The maximum atomic E-state index is 11.1. The van der Waals surface area contributed by atoms with Crippen molar-refractivity contribution in [1.29, 1.82) is 0 Å². The van der Waals surface area contributed by atoms with E-state index in [0.717, 1.165) is 12.8 Å². The molecule has 0 spiro atoms. The van der Waals surface area contributed by atoms with Crippen molar-refractivity contribution in [2.24, 2.45) is 0 Å². The lowest BCUT2D eigenvalue weighted by Crippen LogP contribution is -2.02. The monoisotopic (exact) mass is 194 g/mol. The summed E-state index contributed by atoms with van der Waals surface area (Å²) in [4.78, 5) is 11.1. The molecule has 1 heterocycles. The lowest BCUT2D eigenvalue weighted by Gasteiger charge is -1.97. The maximum Gasteiger partial charge on any atom is 0.309 e. The van der Waals surface area contributed by atoms with Crippen LogP contribution in [0.25, 0.3) is 0 Å². The Morgan fingerprint density at radius 2 is 1.64 bits per heavy atom. The molecule has 0 aromatic rings. The number of esters is 1. The van der Waals surface area contributed by atoms with Gasteiger partial charge < -0.3 is 4.74 Å². The second-order valence-corrected chi connectivity index (χ2v) is 3.47. The van der Waals surface area contributed by atoms with Crippen molar-refractivity contribution in [2.45, 2.75) is 38.5 Å². The molecule has 0 saturated carbocycles. The molecule has 1 rings (SSSR count). The Morgan fingerprint density at radius 3 is 2.43 bits per heavy atom. The summed E-state index contributed by atoms with van der Waals surface area (Å²) in [6.07, 6.45) is 14.3. The predicted molar refractivity (Wildman–Crippen MR) is 56.9 cm³/mol. The van der Waals surface area contributed by atoms with E-state index in [-0.39, 0.29) is 5.97 Å². The highest BCUT2D eigenvalue weighted by atomic mass is 16.5. The molecule has 1 aliphatic rings. The maximum absolute atomic E-state index is 11.1. The topological polar surface area (TPSA) is 26.3 Å². The summed E-state index contributed by atoms with van der Waals surface area (Å²) in [5.74, 6) is -0.134. The molecule has 0 bridgehead atoms. The van der Waals surface area contributed by atoms with Gasteiger partial charge in [0.25, 0.3) is 0 Å². The van der Waals surface area contributed by atoms with Crippen LogP contribution in [0.3, 0.4) is 0 Å². The zero-order valence-corrected chi connectivity index (χ0v) is 8.58. The summed E-state index contributed by atoms with van der Waals surface area (Å²) in [6.45, 7) is 0.423. The van der Waals surface area contributed by atoms with Crippen LogP contribution in [0.2, 0.25) is 0 Å². The minimum absolute atomic E-state index is 0.134. The fraction of sp³-hybridized carbons (Fsp3) is 0.583. The first-order chi connectivity index (χ1) is 6.89. The van der Waals surface area contributed by atoms with Gasteiger partial charge in [-0.2, -0.15) is 0 Å². The largest absolute Gasteiger partial charge is 0.461 e. The molecule has 0 aromatic heterocycles. The molecule has 0 radical (unpaired) electrons. The summed E-state index contributed by atoms with van der Waals surface area (Å²) in [6, 6.07) is 0. The highest BCUT2D eigenvalue weighted by molar-refractivity contribution is 5.71. The molecular weight excluding hydrogens is 176 g/mol. The van der Waals surface area contributed by atoms with Gasteiger partial charge in [0.05, 0.1) is 6.42 Å². The first-order valence-electron chi connectivity index (χ1n) is 5.35. The molecule has 2 nitrogen and oxygen atoms in total. The predicted octanol–water partition coefficient (Wildman–Crippen LogP) is 3.00. The molecule has 0 saturated heterocycles. The Labute approximate surface area is 85.6 Å². The SMILES string of the molecule is O=C1C/C=C\CCCCC/C=C\CO1. The van der Waals surface area contributed by atoms with Crippen molar-refractivity contribution in [3.8, 4) is 0 Å². The van der Waals surface area contributed by atoms with E-state index in [1.807, 2.05) is 12.2 Å². The van der Waals surface area contributed by atoms with E-state index in [4.69, 9.17) is 4.74 Å². The van der Waals surface area contributed by atoms with Crippen molar-refractivity contribution >= 4 is 5.97 Å². The van der Waals surface area contributed by atoms with Gasteiger partial charge in [0.2, 0.25) is 0 Å². The number of ether oxygens (including phenoxy) is 1. The molecule has 14 heavy (non-hydrogen) atoms. The Hall–Kier alpha value is -1.05. The van der Waals surface area contributed by atoms with Crippen LogP contribution < -0.4 is 0 Å². The van der Waals surface area contributed by atoms with Gasteiger partial charge in [-0.25, -0.2) is 0 Å². The number of carbonyl (C=O) groups is 1. The number of carbonyl (C=O) groups excluding carboxylic acids is 1. The molecule has 0 atom stereocenters. The molecule has 0 aromatic carbocycles. The summed E-state index contributed by atoms with van der Waals surface area (Å²) in [5, 5.41) is 0. The van der Waals surface area contributed by atoms with Crippen LogP contribution in [-0.4, -0.2) is 12.6 Å². The second kappa shape index (κ2) is 7.36. The van der Waals surface area contributed by atoms with Gasteiger partial charge in [0.1, 0.15) is 6.61 Å². The Balaban J connectivity index is 2.33. The fourth-order valence-electron chi connectivity index (χ4n) is 1.38. The highest BCUT2D eigenvalue weighted by Gasteiger charge is 1.97. The zero-order chi connectivity index (χ0) is 10.1. The number of allylic oxidation sites excluding steroid dienone is 2. The third kappa shape index (κ3) is 5.57.